The summed E-state index contributed by atoms with van der Waals surface area (Å²) in [6.45, 7) is 13.8. The molecule has 0 saturated carbocycles. The van der Waals surface area contributed by atoms with Gasteiger partial charge in [-0.15, -0.1) is 0 Å². The van der Waals surface area contributed by atoms with Crippen molar-refractivity contribution in [2.75, 3.05) is 37.6 Å². The Kier molecular flexibility index (Phi) is 5.16. The quantitative estimate of drug-likeness (QED) is 0.823. The van der Waals surface area contributed by atoms with E-state index >= 15 is 0 Å². The first-order chi connectivity index (χ1) is 9.30. The summed E-state index contributed by atoms with van der Waals surface area (Å²) in [4.78, 5) is 6.11. The maximum atomic E-state index is 4.63. The van der Waals surface area contributed by atoms with Gasteiger partial charge < -0.3 is 4.90 Å². The largest absolute Gasteiger partial charge is 0.353 e. The molecule has 3 nitrogen and oxygen atoms in total. The van der Waals surface area contributed by atoms with E-state index in [0.29, 0.717) is 0 Å². The van der Waals surface area contributed by atoms with Crippen LogP contribution in [0.4, 0.5) is 5.82 Å². The summed E-state index contributed by atoms with van der Waals surface area (Å²) in [5, 5.41) is 0. The molecule has 1 saturated heterocycles. The van der Waals surface area contributed by atoms with E-state index in [1.165, 1.54) is 23.4 Å². The summed E-state index contributed by atoms with van der Waals surface area (Å²) >= 11 is 1.55. The Labute approximate surface area is 120 Å². The fourth-order valence-corrected chi connectivity index (χ4v) is 3.23. The molecule has 2 rings (SSSR count). The molecule has 104 valence electrons. The van der Waals surface area contributed by atoms with Crippen molar-refractivity contribution < 1.29 is 0 Å². The van der Waals surface area contributed by atoms with Crippen molar-refractivity contribution in [3.8, 4) is 0 Å². The summed E-state index contributed by atoms with van der Waals surface area (Å²) in [7, 11) is 0. The van der Waals surface area contributed by atoms with Gasteiger partial charge >= 0.3 is 0 Å². The van der Waals surface area contributed by atoms with Gasteiger partial charge in [0.2, 0.25) is 0 Å². The van der Waals surface area contributed by atoms with Crippen LogP contribution in [-0.4, -0.2) is 42.0 Å². The molecule has 0 N–H and O–H groups in total. The predicted molar refractivity (Wildman–Crippen MR) is 85.9 cm³/mol. The van der Waals surface area contributed by atoms with Crippen molar-refractivity contribution in [3.05, 3.63) is 23.1 Å². The third-order valence-corrected chi connectivity index (χ3v) is 4.31. The monoisotopic (exact) mass is 277 g/mol. The van der Waals surface area contributed by atoms with Crippen LogP contribution in [-0.2, 0) is 0 Å². The normalized spacial score (nSPS) is 17.3. The lowest BCUT2D eigenvalue weighted by Gasteiger charge is -2.35. The molecule has 1 fully saturated rings. The van der Waals surface area contributed by atoms with Crippen LogP contribution in [0.3, 0.4) is 0 Å². The molecular formula is C15H23N3S. The Balaban J connectivity index is 2.11. The maximum absolute atomic E-state index is 4.63. The Morgan fingerprint density at radius 1 is 1.32 bits per heavy atom. The molecule has 0 aromatic carbocycles. The van der Waals surface area contributed by atoms with Gasteiger partial charge in [-0.3, -0.25) is 4.90 Å². The molecule has 0 aliphatic carbocycles. The highest BCUT2D eigenvalue weighted by Gasteiger charge is 2.21. The van der Waals surface area contributed by atoms with E-state index in [2.05, 4.69) is 39.8 Å². The molecule has 1 aromatic rings. The molecule has 1 aliphatic rings. The van der Waals surface area contributed by atoms with E-state index in [-0.39, 0.29) is 0 Å². The highest BCUT2D eigenvalue weighted by atomic mass is 32.1. The second kappa shape index (κ2) is 6.87. The minimum Gasteiger partial charge on any atom is -0.353 e. The molecule has 0 radical (unpaired) electrons. The highest BCUT2D eigenvalue weighted by molar-refractivity contribution is 7.07. The first-order valence-electron chi connectivity index (χ1n) is 7.02. The lowest BCUT2D eigenvalue weighted by atomic mass is 10.2. The standard InChI is InChI=1S/C15H23N3S/c1-4-7-13-14(6-3)19-16-15(13)18-11-9-17(8-5-2)10-12-18/h4,6-7H,3,5,8-12H2,1-2H3/b7-4-. The Morgan fingerprint density at radius 2 is 2.05 bits per heavy atom. The van der Waals surface area contributed by atoms with Crippen LogP contribution in [0.15, 0.2) is 12.7 Å². The molecule has 0 atom stereocenters. The van der Waals surface area contributed by atoms with Crippen LogP contribution in [0.1, 0.15) is 30.7 Å². The van der Waals surface area contributed by atoms with Crippen LogP contribution in [0.5, 0.6) is 0 Å². The number of aromatic nitrogens is 1. The summed E-state index contributed by atoms with van der Waals surface area (Å²) in [5.41, 5.74) is 1.23. The first kappa shape index (κ1) is 14.3. The van der Waals surface area contributed by atoms with E-state index < -0.39 is 0 Å². The minimum atomic E-state index is 1.07. The smallest absolute Gasteiger partial charge is 0.150 e. The fraction of sp³-hybridized carbons (Fsp3) is 0.533. The molecule has 0 amide bonds. The summed E-state index contributed by atoms with van der Waals surface area (Å²) < 4.78 is 4.63. The molecule has 4 heteroatoms. The second-order valence-electron chi connectivity index (χ2n) is 4.82. The van der Waals surface area contributed by atoms with Crippen molar-refractivity contribution in [1.82, 2.24) is 9.27 Å². The zero-order chi connectivity index (χ0) is 13.7. The average Bonchev–Trinajstić information content (AvgIpc) is 2.83. The van der Waals surface area contributed by atoms with Gasteiger partial charge in [0.15, 0.2) is 0 Å². The lowest BCUT2D eigenvalue weighted by molar-refractivity contribution is 0.258. The molecule has 0 spiro atoms. The van der Waals surface area contributed by atoms with Crippen molar-refractivity contribution in [3.63, 3.8) is 0 Å². The average molecular weight is 277 g/mol. The molecule has 2 heterocycles. The Hall–Kier alpha value is -1.13. The molecule has 19 heavy (non-hydrogen) atoms. The minimum absolute atomic E-state index is 1.07. The van der Waals surface area contributed by atoms with Gasteiger partial charge in [0.1, 0.15) is 5.82 Å². The third kappa shape index (κ3) is 3.25. The van der Waals surface area contributed by atoms with Crippen molar-refractivity contribution in [1.29, 1.82) is 0 Å². The maximum Gasteiger partial charge on any atom is 0.150 e. The number of hydrogen-bond donors (Lipinski definition) is 0. The SMILES string of the molecule is C=Cc1snc(N2CCN(CCC)CC2)c1/C=C\C. The van der Waals surface area contributed by atoms with Crippen LogP contribution in [0, 0.1) is 0 Å². The molecular weight excluding hydrogens is 254 g/mol. The fourth-order valence-electron chi connectivity index (χ4n) is 2.50. The first-order valence-corrected chi connectivity index (χ1v) is 7.79. The number of allylic oxidation sites excluding steroid dienone is 1. The van der Waals surface area contributed by atoms with Crippen LogP contribution in [0.2, 0.25) is 0 Å². The van der Waals surface area contributed by atoms with Gasteiger partial charge in [-0.05, 0) is 37.5 Å². The summed E-state index contributed by atoms with van der Waals surface area (Å²) in [6, 6.07) is 0. The van der Waals surface area contributed by atoms with Gasteiger partial charge in [-0.2, -0.15) is 4.37 Å². The van der Waals surface area contributed by atoms with Crippen molar-refractivity contribution in [2.45, 2.75) is 20.3 Å². The predicted octanol–water partition coefficient (Wildman–Crippen LogP) is 3.35. The third-order valence-electron chi connectivity index (χ3n) is 3.47. The van der Waals surface area contributed by atoms with Crippen LogP contribution >= 0.6 is 11.5 Å². The van der Waals surface area contributed by atoms with Gasteiger partial charge in [0.25, 0.3) is 0 Å². The molecule has 0 unspecified atom stereocenters. The summed E-state index contributed by atoms with van der Waals surface area (Å²) in [6.07, 6.45) is 7.37. The molecule has 1 aliphatic heterocycles. The van der Waals surface area contributed by atoms with Gasteiger partial charge in [-0.25, -0.2) is 0 Å². The van der Waals surface area contributed by atoms with E-state index in [1.807, 2.05) is 13.0 Å². The van der Waals surface area contributed by atoms with E-state index in [0.717, 1.165) is 32.0 Å². The van der Waals surface area contributed by atoms with Gasteiger partial charge in [0.05, 0.1) is 4.88 Å². The number of anilines is 1. The molecule has 0 bridgehead atoms. The number of nitrogens with zero attached hydrogens (tertiary/aromatic N) is 3. The van der Waals surface area contributed by atoms with Crippen LogP contribution in [0.25, 0.3) is 12.2 Å². The second-order valence-corrected chi connectivity index (χ2v) is 5.62. The lowest BCUT2D eigenvalue weighted by Crippen LogP contribution is -2.46. The Bertz CT molecular complexity index is 442. The molecule has 1 aromatic heterocycles. The zero-order valence-corrected chi connectivity index (χ0v) is 12.7. The number of rotatable bonds is 5. The van der Waals surface area contributed by atoms with Crippen molar-refractivity contribution >= 4 is 29.5 Å². The zero-order valence-electron chi connectivity index (χ0n) is 11.9. The number of hydrogen-bond acceptors (Lipinski definition) is 4. The van der Waals surface area contributed by atoms with Gasteiger partial charge in [0, 0.05) is 31.7 Å². The summed E-state index contributed by atoms with van der Waals surface area (Å²) in [5.74, 6) is 1.13. The topological polar surface area (TPSA) is 19.4 Å². The van der Waals surface area contributed by atoms with Crippen molar-refractivity contribution in [2.24, 2.45) is 0 Å². The Morgan fingerprint density at radius 3 is 2.63 bits per heavy atom. The number of piperazine rings is 1. The van der Waals surface area contributed by atoms with Crippen LogP contribution < -0.4 is 4.90 Å². The van der Waals surface area contributed by atoms with E-state index in [9.17, 15) is 0 Å². The van der Waals surface area contributed by atoms with Gasteiger partial charge in [-0.1, -0.05) is 25.7 Å². The van der Waals surface area contributed by atoms with E-state index in [1.54, 1.807) is 11.5 Å². The highest BCUT2D eigenvalue weighted by Crippen LogP contribution is 2.29. The van der Waals surface area contributed by atoms with E-state index in [4.69, 9.17) is 0 Å².